The molecule has 0 aromatic rings. The van der Waals surface area contributed by atoms with Crippen LogP contribution in [0.15, 0.2) is 0 Å². The second-order valence-electron chi connectivity index (χ2n) is 4.14. The molecule has 2 nitrogen and oxygen atoms in total. The van der Waals surface area contributed by atoms with Gasteiger partial charge in [0.05, 0.1) is 0 Å². The summed E-state index contributed by atoms with van der Waals surface area (Å²) in [6.07, 6.45) is 0.992. The van der Waals surface area contributed by atoms with Crippen LogP contribution in [0.2, 0.25) is 0 Å². The zero-order chi connectivity index (χ0) is 9.30. The van der Waals surface area contributed by atoms with Crippen LogP contribution in [-0.4, -0.2) is 24.4 Å². The van der Waals surface area contributed by atoms with E-state index in [9.17, 15) is 4.79 Å². The van der Waals surface area contributed by atoms with E-state index < -0.39 is 0 Å². The molecular weight excluding hydrogens is 150 g/mol. The Hall–Kier alpha value is -0.530. The van der Waals surface area contributed by atoms with Gasteiger partial charge in [0.2, 0.25) is 5.91 Å². The molecule has 1 fully saturated rings. The summed E-state index contributed by atoms with van der Waals surface area (Å²) in [5.41, 5.74) is 0. The topological polar surface area (TPSA) is 20.3 Å². The maximum atomic E-state index is 11.6. The number of hydrogen-bond donors (Lipinski definition) is 0. The van der Waals surface area contributed by atoms with Crippen molar-refractivity contribution < 1.29 is 4.79 Å². The fourth-order valence-electron chi connectivity index (χ4n) is 2.15. The number of hydrogen-bond acceptors (Lipinski definition) is 1. The van der Waals surface area contributed by atoms with Crippen molar-refractivity contribution in [2.75, 3.05) is 13.6 Å². The van der Waals surface area contributed by atoms with Crippen molar-refractivity contribution in [2.45, 2.75) is 27.2 Å². The van der Waals surface area contributed by atoms with Crippen LogP contribution >= 0.6 is 0 Å². The van der Waals surface area contributed by atoms with Gasteiger partial charge in [0, 0.05) is 19.5 Å². The van der Waals surface area contributed by atoms with Crippen molar-refractivity contribution in [1.29, 1.82) is 0 Å². The molecule has 1 aliphatic rings. The third kappa shape index (κ3) is 1.47. The summed E-state index contributed by atoms with van der Waals surface area (Å²) in [4.78, 5) is 13.5. The van der Waals surface area contributed by atoms with Gasteiger partial charge in [0.1, 0.15) is 0 Å². The van der Waals surface area contributed by atoms with Crippen LogP contribution in [0.4, 0.5) is 0 Å². The minimum atomic E-state index is 0.287. The van der Waals surface area contributed by atoms with E-state index >= 15 is 0 Å². The van der Waals surface area contributed by atoms with Gasteiger partial charge in [-0.3, -0.25) is 4.79 Å². The fraction of sp³-hybridized carbons (Fsp3) is 0.900. The van der Waals surface area contributed by atoms with E-state index in [1.54, 1.807) is 0 Å². The average molecular weight is 169 g/mol. The van der Waals surface area contributed by atoms with E-state index in [1.165, 1.54) is 0 Å². The predicted molar refractivity (Wildman–Crippen MR) is 49.7 cm³/mol. The van der Waals surface area contributed by atoms with E-state index in [-0.39, 0.29) is 5.92 Å². The minimum Gasteiger partial charge on any atom is -0.345 e. The van der Waals surface area contributed by atoms with E-state index in [0.29, 0.717) is 17.7 Å². The molecule has 0 spiro atoms. The second-order valence-corrected chi connectivity index (χ2v) is 4.14. The molecule has 0 aliphatic carbocycles. The van der Waals surface area contributed by atoms with Gasteiger partial charge in [0.15, 0.2) is 0 Å². The molecule has 1 heterocycles. The predicted octanol–water partition coefficient (Wildman–Crippen LogP) is 1.76. The monoisotopic (exact) mass is 169 g/mol. The molecule has 0 aromatic heterocycles. The summed E-state index contributed by atoms with van der Waals surface area (Å²) < 4.78 is 0. The molecule has 1 rings (SSSR count). The van der Waals surface area contributed by atoms with E-state index in [4.69, 9.17) is 0 Å². The van der Waals surface area contributed by atoms with Crippen molar-refractivity contribution in [1.82, 2.24) is 4.90 Å². The molecule has 0 bridgehead atoms. The smallest absolute Gasteiger partial charge is 0.225 e. The Morgan fingerprint density at radius 2 is 2.17 bits per heavy atom. The summed E-state index contributed by atoms with van der Waals surface area (Å²) in [7, 11) is 1.91. The first-order chi connectivity index (χ1) is 5.57. The van der Waals surface area contributed by atoms with Gasteiger partial charge in [0.25, 0.3) is 0 Å². The molecule has 1 amide bonds. The maximum absolute atomic E-state index is 11.6. The lowest BCUT2D eigenvalue weighted by atomic mass is 9.84. The Bertz CT molecular complexity index is 177. The molecule has 0 saturated carbocycles. The number of carbonyl (C=O) groups excluding carboxylic acids is 1. The van der Waals surface area contributed by atoms with Crippen molar-refractivity contribution >= 4 is 5.91 Å². The number of likely N-dealkylation sites (tertiary alicyclic amines) is 1. The van der Waals surface area contributed by atoms with Gasteiger partial charge in [-0.2, -0.15) is 0 Å². The van der Waals surface area contributed by atoms with Crippen LogP contribution < -0.4 is 0 Å². The number of carbonyl (C=O) groups is 1. The average Bonchev–Trinajstić information content (AvgIpc) is 2.29. The zero-order valence-electron chi connectivity index (χ0n) is 8.50. The highest BCUT2D eigenvalue weighted by Crippen LogP contribution is 2.31. The molecule has 1 aliphatic heterocycles. The lowest BCUT2D eigenvalue weighted by molar-refractivity contribution is -0.130. The molecule has 2 atom stereocenters. The maximum Gasteiger partial charge on any atom is 0.225 e. The first-order valence-electron chi connectivity index (χ1n) is 4.82. The summed E-state index contributed by atoms with van der Waals surface area (Å²) in [5, 5.41) is 0. The Kier molecular flexibility index (Phi) is 2.76. The molecule has 2 heteroatoms. The first-order valence-corrected chi connectivity index (χ1v) is 4.82. The van der Waals surface area contributed by atoms with E-state index in [0.717, 1.165) is 13.0 Å². The summed E-state index contributed by atoms with van der Waals surface area (Å²) in [6.45, 7) is 7.48. The second kappa shape index (κ2) is 3.46. The van der Waals surface area contributed by atoms with Crippen LogP contribution in [0.3, 0.4) is 0 Å². The van der Waals surface area contributed by atoms with Crippen LogP contribution in [0.1, 0.15) is 27.2 Å². The molecule has 0 radical (unpaired) electrons. The first kappa shape index (κ1) is 9.56. The third-order valence-electron chi connectivity index (χ3n) is 2.99. The number of nitrogens with zero attached hydrogens (tertiary/aromatic N) is 1. The molecule has 70 valence electrons. The lowest BCUT2D eigenvalue weighted by Gasteiger charge is -2.18. The quantitative estimate of drug-likeness (QED) is 0.617. The zero-order valence-corrected chi connectivity index (χ0v) is 8.50. The van der Waals surface area contributed by atoms with Gasteiger partial charge in [-0.1, -0.05) is 20.8 Å². The summed E-state index contributed by atoms with van der Waals surface area (Å²) >= 11 is 0. The molecule has 0 N–H and O–H groups in total. The van der Waals surface area contributed by atoms with Gasteiger partial charge in [-0.05, 0) is 18.3 Å². The van der Waals surface area contributed by atoms with Crippen LogP contribution in [-0.2, 0) is 4.79 Å². The van der Waals surface area contributed by atoms with Crippen molar-refractivity contribution in [3.63, 3.8) is 0 Å². The largest absolute Gasteiger partial charge is 0.345 e. The van der Waals surface area contributed by atoms with Crippen molar-refractivity contribution in [3.8, 4) is 0 Å². The molecule has 1 saturated heterocycles. The van der Waals surface area contributed by atoms with Gasteiger partial charge < -0.3 is 4.90 Å². The Morgan fingerprint density at radius 1 is 1.58 bits per heavy atom. The molecular formula is C10H19NO. The lowest BCUT2D eigenvalue weighted by Crippen LogP contribution is -2.22. The molecule has 0 aromatic carbocycles. The van der Waals surface area contributed by atoms with Gasteiger partial charge in [-0.15, -0.1) is 0 Å². The van der Waals surface area contributed by atoms with Crippen LogP contribution in [0.25, 0.3) is 0 Å². The van der Waals surface area contributed by atoms with Crippen LogP contribution in [0.5, 0.6) is 0 Å². The summed E-state index contributed by atoms with van der Waals surface area (Å²) in [5.74, 6) is 1.84. The molecule has 2 unspecified atom stereocenters. The number of rotatable bonds is 2. The highest BCUT2D eigenvalue weighted by atomic mass is 16.2. The summed E-state index contributed by atoms with van der Waals surface area (Å²) in [6, 6.07) is 0. The minimum absolute atomic E-state index is 0.287. The van der Waals surface area contributed by atoms with Gasteiger partial charge >= 0.3 is 0 Å². The normalized spacial score (nSPS) is 30.4. The highest BCUT2D eigenvalue weighted by molar-refractivity contribution is 5.81. The number of amides is 1. The Labute approximate surface area is 74.9 Å². The van der Waals surface area contributed by atoms with Crippen molar-refractivity contribution in [2.24, 2.45) is 17.8 Å². The van der Waals surface area contributed by atoms with Crippen LogP contribution in [0, 0.1) is 17.8 Å². The Balaban J connectivity index is 2.71. The van der Waals surface area contributed by atoms with Gasteiger partial charge in [-0.25, -0.2) is 0 Å². The Morgan fingerprint density at radius 3 is 2.50 bits per heavy atom. The SMILES string of the molecule is CCC1C(=O)N(C)CC1C(C)C. The van der Waals surface area contributed by atoms with E-state index in [2.05, 4.69) is 20.8 Å². The highest BCUT2D eigenvalue weighted by Gasteiger charge is 2.38. The van der Waals surface area contributed by atoms with Crippen molar-refractivity contribution in [3.05, 3.63) is 0 Å². The third-order valence-corrected chi connectivity index (χ3v) is 2.99. The fourth-order valence-corrected chi connectivity index (χ4v) is 2.15. The molecule has 12 heavy (non-hydrogen) atoms. The van der Waals surface area contributed by atoms with E-state index in [1.807, 2.05) is 11.9 Å². The standard InChI is InChI=1S/C10H19NO/c1-5-8-9(7(2)3)6-11(4)10(8)12/h7-9H,5-6H2,1-4H3.